The Kier molecular flexibility index (Phi) is 8.67. The van der Waals surface area contributed by atoms with Crippen LogP contribution in [0.3, 0.4) is 0 Å². The molecule has 0 spiro atoms. The molecule has 0 aromatic carbocycles. The molecule has 0 bridgehead atoms. The highest BCUT2D eigenvalue weighted by atomic mass is 28.5. The smallest absolute Gasteiger partial charge is 0.393 e. The first kappa shape index (κ1) is 22.8. The summed E-state index contributed by atoms with van der Waals surface area (Å²) >= 11 is 0. The lowest BCUT2D eigenvalue weighted by Gasteiger charge is -2.40. The molecule has 0 radical (unpaired) electrons. The quantitative estimate of drug-likeness (QED) is 0.396. The van der Waals surface area contributed by atoms with Crippen LogP contribution in [0.2, 0.25) is 44.8 Å². The van der Waals surface area contributed by atoms with Crippen molar-refractivity contribution in [2.45, 2.75) is 72.5 Å². The Morgan fingerprint density at radius 3 is 1.70 bits per heavy atom. The summed E-state index contributed by atoms with van der Waals surface area (Å²) in [7, 11) is -6.80. The lowest BCUT2D eigenvalue weighted by Crippen LogP contribution is -2.56. The zero-order valence-corrected chi connectivity index (χ0v) is 19.5. The van der Waals surface area contributed by atoms with Crippen LogP contribution < -0.4 is 0 Å². The monoisotopic (exact) mass is 376 g/mol. The normalized spacial score (nSPS) is 13.5. The lowest BCUT2D eigenvalue weighted by molar-refractivity contribution is -0.130. The SMILES string of the molecule is C=CC(=O)O[Si](CC(C)C)(CC(C)C)O[Si](C)(C)O[Si](C)(C)C. The van der Waals surface area contributed by atoms with Crippen LogP contribution in [0, 0.1) is 11.8 Å². The molecule has 0 N–H and O–H groups in total. The van der Waals surface area contributed by atoms with E-state index in [4.69, 9.17) is 12.7 Å². The van der Waals surface area contributed by atoms with Gasteiger partial charge in [-0.3, -0.25) is 0 Å². The third-order valence-electron chi connectivity index (χ3n) is 2.88. The van der Waals surface area contributed by atoms with Crippen LogP contribution in [0.15, 0.2) is 12.7 Å². The second-order valence-corrected chi connectivity index (χ2v) is 19.9. The van der Waals surface area contributed by atoms with Crippen LogP contribution >= 0.6 is 0 Å². The summed E-state index contributed by atoms with van der Waals surface area (Å²) in [6.45, 7) is 22.7. The predicted molar refractivity (Wildman–Crippen MR) is 104 cm³/mol. The van der Waals surface area contributed by atoms with E-state index in [0.717, 1.165) is 12.1 Å². The Hall–Kier alpha value is -0.219. The number of hydrogen-bond acceptors (Lipinski definition) is 4. The molecular weight excluding hydrogens is 340 g/mol. The van der Waals surface area contributed by atoms with Crippen LogP contribution in [0.5, 0.6) is 0 Å². The van der Waals surface area contributed by atoms with Gasteiger partial charge in [0.05, 0.1) is 0 Å². The third-order valence-corrected chi connectivity index (χ3v) is 14.2. The highest BCUT2D eigenvalue weighted by Crippen LogP contribution is 2.32. The van der Waals surface area contributed by atoms with Crippen molar-refractivity contribution in [1.29, 1.82) is 0 Å². The van der Waals surface area contributed by atoms with Gasteiger partial charge in [-0.25, -0.2) is 4.79 Å². The first-order valence-electron chi connectivity index (χ1n) is 8.46. The van der Waals surface area contributed by atoms with E-state index < -0.39 is 25.4 Å². The van der Waals surface area contributed by atoms with Gasteiger partial charge in [-0.2, -0.15) is 0 Å². The Balaban J connectivity index is 5.58. The van der Waals surface area contributed by atoms with Crippen molar-refractivity contribution in [3.8, 4) is 0 Å². The van der Waals surface area contributed by atoms with Crippen molar-refractivity contribution in [2.75, 3.05) is 0 Å². The van der Waals surface area contributed by atoms with Crippen molar-refractivity contribution >= 4 is 31.4 Å². The summed E-state index contributed by atoms with van der Waals surface area (Å²) in [6.07, 6.45) is 1.24. The van der Waals surface area contributed by atoms with Gasteiger partial charge in [-0.1, -0.05) is 34.3 Å². The molecule has 0 unspecified atom stereocenters. The second-order valence-electron chi connectivity index (χ2n) is 8.45. The molecule has 0 amide bonds. The average Bonchev–Trinajstić information content (AvgIpc) is 2.21. The molecule has 23 heavy (non-hydrogen) atoms. The van der Waals surface area contributed by atoms with Gasteiger partial charge in [0.15, 0.2) is 8.32 Å². The molecule has 0 fully saturated rings. The van der Waals surface area contributed by atoms with Gasteiger partial charge >= 0.3 is 23.1 Å². The fraction of sp³-hybridized carbons (Fsp3) is 0.812. The number of rotatable bonds is 10. The summed E-state index contributed by atoms with van der Waals surface area (Å²) in [6, 6.07) is 1.58. The first-order chi connectivity index (χ1) is 10.2. The van der Waals surface area contributed by atoms with E-state index in [9.17, 15) is 4.79 Å². The van der Waals surface area contributed by atoms with Crippen LogP contribution in [0.4, 0.5) is 0 Å². The molecule has 7 heteroatoms. The van der Waals surface area contributed by atoms with Gasteiger partial charge in [-0.15, -0.1) is 0 Å². The molecule has 0 saturated heterocycles. The molecule has 0 aromatic rings. The molecule has 4 nitrogen and oxygen atoms in total. The average molecular weight is 377 g/mol. The zero-order valence-electron chi connectivity index (χ0n) is 16.5. The molecule has 0 aliphatic heterocycles. The maximum atomic E-state index is 12.0. The molecule has 0 saturated carbocycles. The maximum absolute atomic E-state index is 12.0. The third kappa shape index (κ3) is 10.3. The Morgan fingerprint density at radius 1 is 0.957 bits per heavy atom. The molecule has 0 aliphatic carbocycles. The molecule has 136 valence electrons. The summed E-state index contributed by atoms with van der Waals surface area (Å²) in [4.78, 5) is 12.0. The van der Waals surface area contributed by atoms with Gasteiger partial charge in [-0.05, 0) is 44.6 Å². The lowest BCUT2D eigenvalue weighted by atomic mass is 10.3. The number of carbonyl (C=O) groups excluding carboxylic acids is 1. The van der Waals surface area contributed by atoms with Gasteiger partial charge in [0, 0.05) is 18.2 Å². The van der Waals surface area contributed by atoms with Gasteiger partial charge < -0.3 is 12.7 Å². The molecule has 0 aliphatic rings. The second kappa shape index (κ2) is 8.75. The maximum Gasteiger partial charge on any atom is 0.393 e. The Bertz CT molecular complexity index is 391. The van der Waals surface area contributed by atoms with E-state index in [1.165, 1.54) is 6.08 Å². The minimum Gasteiger partial charge on any atom is -0.492 e. The predicted octanol–water partition coefficient (Wildman–Crippen LogP) is 5.04. The molecule has 0 atom stereocenters. The fourth-order valence-corrected chi connectivity index (χ4v) is 17.1. The van der Waals surface area contributed by atoms with Crippen molar-refractivity contribution in [3.63, 3.8) is 0 Å². The molecule has 0 rings (SSSR count). The Labute approximate surface area is 146 Å². The topological polar surface area (TPSA) is 44.8 Å². The van der Waals surface area contributed by atoms with E-state index >= 15 is 0 Å². The van der Waals surface area contributed by atoms with Gasteiger partial charge in [0.25, 0.3) is 0 Å². The molecule has 0 aromatic heterocycles. The molecule has 0 heterocycles. The fourth-order valence-electron chi connectivity index (χ4n) is 2.95. The van der Waals surface area contributed by atoms with Crippen molar-refractivity contribution in [1.82, 2.24) is 0 Å². The van der Waals surface area contributed by atoms with Crippen LogP contribution in [-0.2, 0) is 17.5 Å². The minimum absolute atomic E-state index is 0.379. The van der Waals surface area contributed by atoms with Crippen LogP contribution in [-0.4, -0.2) is 31.4 Å². The zero-order chi connectivity index (χ0) is 18.5. The first-order valence-corrected chi connectivity index (χ1v) is 16.9. The summed E-state index contributed by atoms with van der Waals surface area (Å²) < 4.78 is 18.8. The Morgan fingerprint density at radius 2 is 1.39 bits per heavy atom. The largest absolute Gasteiger partial charge is 0.492 e. The minimum atomic E-state index is -2.70. The summed E-state index contributed by atoms with van der Waals surface area (Å²) in [5.74, 6) is 0.417. The van der Waals surface area contributed by atoms with Crippen molar-refractivity contribution in [2.24, 2.45) is 11.8 Å². The van der Waals surface area contributed by atoms with E-state index in [0.29, 0.717) is 11.8 Å². The highest BCUT2D eigenvalue weighted by Gasteiger charge is 2.48. The van der Waals surface area contributed by atoms with E-state index in [-0.39, 0.29) is 5.97 Å². The standard InChI is InChI=1S/C16H36O4Si3/c1-11-16(17)18-23(12-14(2)3,13-15(4)5)20-22(9,10)19-21(6,7)8/h11,14-15H,1,12-13H2,2-10H3. The van der Waals surface area contributed by atoms with E-state index in [1.807, 2.05) is 0 Å². The summed E-state index contributed by atoms with van der Waals surface area (Å²) in [5, 5.41) is 0. The summed E-state index contributed by atoms with van der Waals surface area (Å²) in [5.41, 5.74) is 0. The van der Waals surface area contributed by atoms with E-state index in [1.54, 1.807) is 0 Å². The van der Waals surface area contributed by atoms with Gasteiger partial charge in [0.1, 0.15) is 0 Å². The molecular formula is C16H36O4Si3. The highest BCUT2D eigenvalue weighted by molar-refractivity contribution is 6.86. The van der Waals surface area contributed by atoms with E-state index in [2.05, 4.69) is 67.0 Å². The van der Waals surface area contributed by atoms with Crippen molar-refractivity contribution < 1.29 is 17.5 Å². The number of hydrogen-bond donors (Lipinski definition) is 0. The van der Waals surface area contributed by atoms with Crippen LogP contribution in [0.25, 0.3) is 0 Å². The van der Waals surface area contributed by atoms with Crippen molar-refractivity contribution in [3.05, 3.63) is 12.7 Å². The van der Waals surface area contributed by atoms with Crippen LogP contribution in [0.1, 0.15) is 27.7 Å². The van der Waals surface area contributed by atoms with Gasteiger partial charge in [0.2, 0.25) is 0 Å². The number of carbonyl (C=O) groups is 1.